The van der Waals surface area contributed by atoms with Gasteiger partial charge < -0.3 is 0 Å². The molecule has 2 heterocycles. The maximum Gasteiger partial charge on any atom is 0.229 e. The number of aromatic nitrogens is 2. The highest BCUT2D eigenvalue weighted by Crippen LogP contribution is 2.31. The van der Waals surface area contributed by atoms with Crippen LogP contribution in [0, 0.1) is 5.92 Å². The summed E-state index contributed by atoms with van der Waals surface area (Å²) in [5, 5.41) is 4.47. The van der Waals surface area contributed by atoms with Gasteiger partial charge in [0.1, 0.15) is 5.82 Å². The Balaban J connectivity index is 2.18. The van der Waals surface area contributed by atoms with Gasteiger partial charge in [0.05, 0.1) is 12.2 Å². The van der Waals surface area contributed by atoms with Crippen molar-refractivity contribution in [2.45, 2.75) is 45.4 Å². The number of hydrogen-bond donors (Lipinski definition) is 0. The van der Waals surface area contributed by atoms with Crippen LogP contribution in [-0.4, -0.2) is 32.6 Å². The van der Waals surface area contributed by atoms with E-state index in [-0.39, 0.29) is 22.3 Å². The summed E-state index contributed by atoms with van der Waals surface area (Å²) in [6.45, 7) is 8.50. The van der Waals surface area contributed by atoms with Gasteiger partial charge in [0.2, 0.25) is 5.91 Å². The van der Waals surface area contributed by atoms with Crippen molar-refractivity contribution in [2.75, 3.05) is 11.4 Å². The Morgan fingerprint density at radius 2 is 2.15 bits per heavy atom. The first-order valence-electron chi connectivity index (χ1n) is 6.91. The van der Waals surface area contributed by atoms with Gasteiger partial charge in [0, 0.05) is 31.2 Å². The lowest BCUT2D eigenvalue weighted by Gasteiger charge is -2.23. The number of nitrogens with zero attached hydrogens (tertiary/aromatic N) is 3. The quantitative estimate of drug-likeness (QED) is 0.856. The molecule has 1 amide bonds. The Hall–Kier alpha value is -1.30. The largest absolute Gasteiger partial charge is 0.296 e. The van der Waals surface area contributed by atoms with Crippen LogP contribution in [0.25, 0.3) is 0 Å². The predicted octanol–water partition coefficient (Wildman–Crippen LogP) is 2.49. The van der Waals surface area contributed by atoms with Crippen LogP contribution < -0.4 is 4.90 Å². The minimum atomic E-state index is 0.0534. The molecular formula is C14H21N3O2S. The number of hydrogen-bond acceptors (Lipinski definition) is 4. The summed E-state index contributed by atoms with van der Waals surface area (Å²) in [4.78, 5) is 25.1. The summed E-state index contributed by atoms with van der Waals surface area (Å²) in [7, 11) is 0. The van der Waals surface area contributed by atoms with Gasteiger partial charge in [-0.3, -0.25) is 14.5 Å². The first-order valence-corrected chi connectivity index (χ1v) is 7.79. The molecule has 1 aromatic rings. The normalized spacial score (nSPS) is 20.8. The lowest BCUT2D eigenvalue weighted by molar-refractivity contribution is -0.117. The van der Waals surface area contributed by atoms with E-state index in [4.69, 9.17) is 0 Å². The lowest BCUT2D eigenvalue weighted by atomic mass is 10.1. The van der Waals surface area contributed by atoms with Crippen LogP contribution in [0.1, 0.15) is 40.2 Å². The molecule has 2 atom stereocenters. The minimum absolute atomic E-state index is 0.0534. The Labute approximate surface area is 123 Å². The molecule has 1 fully saturated rings. The van der Waals surface area contributed by atoms with Gasteiger partial charge in [0.25, 0.3) is 0 Å². The van der Waals surface area contributed by atoms with Crippen LogP contribution in [0.15, 0.2) is 12.3 Å². The molecule has 20 heavy (non-hydrogen) atoms. The third-order valence-corrected chi connectivity index (χ3v) is 4.68. The molecule has 5 nitrogen and oxygen atoms in total. The van der Waals surface area contributed by atoms with E-state index >= 15 is 0 Å². The molecule has 0 bridgehead atoms. The minimum Gasteiger partial charge on any atom is -0.296 e. The van der Waals surface area contributed by atoms with Crippen LogP contribution in [-0.2, 0) is 9.59 Å². The first kappa shape index (κ1) is 15.1. The number of amides is 1. The van der Waals surface area contributed by atoms with Gasteiger partial charge in [-0.05, 0) is 12.8 Å². The molecule has 6 heteroatoms. The van der Waals surface area contributed by atoms with Gasteiger partial charge in [-0.25, -0.2) is 4.68 Å². The molecule has 2 rings (SSSR count). The molecule has 2 unspecified atom stereocenters. The Morgan fingerprint density at radius 1 is 1.45 bits per heavy atom. The van der Waals surface area contributed by atoms with Crippen molar-refractivity contribution < 1.29 is 9.59 Å². The van der Waals surface area contributed by atoms with E-state index in [2.05, 4.69) is 25.9 Å². The summed E-state index contributed by atoms with van der Waals surface area (Å²) in [6.07, 6.45) is 2.15. The van der Waals surface area contributed by atoms with Crippen molar-refractivity contribution in [2.24, 2.45) is 5.92 Å². The van der Waals surface area contributed by atoms with Crippen LogP contribution >= 0.6 is 11.8 Å². The number of carbonyl (C=O) groups is 2. The summed E-state index contributed by atoms with van der Waals surface area (Å²) in [5.41, 5.74) is 0. The Morgan fingerprint density at radius 3 is 2.75 bits per heavy atom. The van der Waals surface area contributed by atoms with Gasteiger partial charge in [-0.2, -0.15) is 5.10 Å². The van der Waals surface area contributed by atoms with Gasteiger partial charge >= 0.3 is 0 Å². The second-order valence-corrected chi connectivity index (χ2v) is 7.04. The molecular weight excluding hydrogens is 274 g/mol. The molecule has 0 spiro atoms. The fraction of sp³-hybridized carbons (Fsp3) is 0.643. The van der Waals surface area contributed by atoms with Crippen molar-refractivity contribution in [3.8, 4) is 0 Å². The molecule has 1 aliphatic rings. The fourth-order valence-corrected chi connectivity index (χ4v) is 3.25. The van der Waals surface area contributed by atoms with E-state index < -0.39 is 0 Å². The van der Waals surface area contributed by atoms with Crippen molar-refractivity contribution in [3.63, 3.8) is 0 Å². The molecule has 0 saturated carbocycles. The fourth-order valence-electron chi connectivity index (χ4n) is 2.33. The number of carbonyl (C=O) groups excluding carboxylic acids is 2. The summed E-state index contributed by atoms with van der Waals surface area (Å²) < 4.78 is 1.91. The van der Waals surface area contributed by atoms with Crippen molar-refractivity contribution in [3.05, 3.63) is 12.3 Å². The van der Waals surface area contributed by atoms with E-state index in [1.807, 2.05) is 10.7 Å². The molecule has 0 aromatic carbocycles. The standard InChI is InChI=1S/C14H21N3O2S/c1-9(2)10(3)17-13(5-6-15-17)16-8-12(7-14(16)19)20-11(4)18/h5-6,9-10,12H,7-8H2,1-4H3. The summed E-state index contributed by atoms with van der Waals surface area (Å²) in [5.74, 6) is 1.35. The molecule has 1 saturated heterocycles. The topological polar surface area (TPSA) is 55.2 Å². The maximum atomic E-state index is 12.2. The SMILES string of the molecule is CC(=O)SC1CC(=O)N(c2ccnn2C(C)C(C)C)C1. The molecule has 0 N–H and O–H groups in total. The van der Waals surface area contributed by atoms with Crippen LogP contribution in [0.3, 0.4) is 0 Å². The van der Waals surface area contributed by atoms with Crippen LogP contribution in [0.4, 0.5) is 5.82 Å². The highest BCUT2D eigenvalue weighted by molar-refractivity contribution is 8.14. The highest BCUT2D eigenvalue weighted by atomic mass is 32.2. The first-order chi connectivity index (χ1) is 9.40. The average Bonchev–Trinajstić information content (AvgIpc) is 2.93. The monoisotopic (exact) mass is 295 g/mol. The zero-order valence-electron chi connectivity index (χ0n) is 12.4. The van der Waals surface area contributed by atoms with Crippen molar-refractivity contribution in [1.29, 1.82) is 0 Å². The smallest absolute Gasteiger partial charge is 0.229 e. The Kier molecular flexibility index (Phi) is 4.52. The van der Waals surface area contributed by atoms with E-state index in [1.54, 1.807) is 18.0 Å². The van der Waals surface area contributed by atoms with E-state index in [0.29, 0.717) is 18.9 Å². The van der Waals surface area contributed by atoms with Crippen molar-refractivity contribution >= 4 is 28.6 Å². The third kappa shape index (κ3) is 3.06. The molecule has 1 aromatic heterocycles. The second kappa shape index (κ2) is 5.99. The van der Waals surface area contributed by atoms with Gasteiger partial charge in [-0.1, -0.05) is 25.6 Å². The van der Waals surface area contributed by atoms with Crippen LogP contribution in [0.2, 0.25) is 0 Å². The van der Waals surface area contributed by atoms with Gasteiger partial charge in [-0.15, -0.1) is 0 Å². The predicted molar refractivity (Wildman–Crippen MR) is 80.8 cm³/mol. The van der Waals surface area contributed by atoms with E-state index in [9.17, 15) is 9.59 Å². The summed E-state index contributed by atoms with van der Waals surface area (Å²) >= 11 is 1.26. The van der Waals surface area contributed by atoms with Crippen molar-refractivity contribution in [1.82, 2.24) is 9.78 Å². The second-order valence-electron chi connectivity index (χ2n) is 5.56. The molecule has 0 aliphatic carbocycles. The molecule has 110 valence electrons. The van der Waals surface area contributed by atoms with Gasteiger partial charge in [0.15, 0.2) is 5.12 Å². The number of anilines is 1. The van der Waals surface area contributed by atoms with Crippen LogP contribution in [0.5, 0.6) is 0 Å². The van der Waals surface area contributed by atoms with E-state index in [0.717, 1.165) is 5.82 Å². The Bertz CT molecular complexity index is 512. The number of thioether (sulfide) groups is 1. The molecule has 0 radical (unpaired) electrons. The zero-order chi connectivity index (χ0) is 14.9. The lowest BCUT2D eigenvalue weighted by Crippen LogP contribution is -2.29. The maximum absolute atomic E-state index is 12.2. The summed E-state index contributed by atoms with van der Waals surface area (Å²) in [6, 6.07) is 2.10. The highest BCUT2D eigenvalue weighted by Gasteiger charge is 2.34. The number of rotatable bonds is 4. The third-order valence-electron chi connectivity index (χ3n) is 3.70. The van der Waals surface area contributed by atoms with E-state index in [1.165, 1.54) is 11.8 Å². The molecule has 1 aliphatic heterocycles. The average molecular weight is 295 g/mol. The zero-order valence-corrected chi connectivity index (χ0v) is 13.2.